The molecule has 1 N–H and O–H groups in total. The van der Waals surface area contributed by atoms with Crippen molar-refractivity contribution in [3.05, 3.63) is 50.8 Å². The molecule has 4 aliphatic rings. The molecule has 3 aromatic rings. The van der Waals surface area contributed by atoms with Crippen LogP contribution in [0.5, 0.6) is 11.5 Å². The number of fused-ring (bicyclic) bond motifs is 6. The second-order valence-electron chi connectivity index (χ2n) is 9.95. The molecule has 10 heteroatoms. The predicted molar refractivity (Wildman–Crippen MR) is 132 cm³/mol. The van der Waals surface area contributed by atoms with E-state index in [0.29, 0.717) is 40.6 Å². The lowest BCUT2D eigenvalue weighted by atomic mass is 9.86. The molecule has 2 aromatic heterocycles. The lowest BCUT2D eigenvalue weighted by Gasteiger charge is -2.31. The zero-order chi connectivity index (χ0) is 25.3. The van der Waals surface area contributed by atoms with E-state index >= 15 is 0 Å². The first-order chi connectivity index (χ1) is 18.0. The van der Waals surface area contributed by atoms with Gasteiger partial charge in [0.25, 0.3) is 5.56 Å². The number of rotatable bonds is 4. The van der Waals surface area contributed by atoms with Gasteiger partial charge in [-0.2, -0.15) is 0 Å². The standard InChI is InChI=1S/C27H27N3O7/c1-2-27(33)19-10-21-24-17(12-30(21)25(31)18(19)13-35-26(27)32)15(3-4-29-5-7-34-8-6-29)16-9-22-23(37-14-36-22)11-20(16)28-24/h9-11,33H,2-8,12-14H2,1H3/t27-/m0/s1. The van der Waals surface area contributed by atoms with Crippen molar-refractivity contribution in [2.75, 3.05) is 39.6 Å². The third-order valence-corrected chi connectivity index (χ3v) is 8.08. The van der Waals surface area contributed by atoms with E-state index in [4.69, 9.17) is 23.9 Å². The minimum atomic E-state index is -1.85. The molecule has 0 saturated carbocycles. The van der Waals surface area contributed by atoms with Crippen molar-refractivity contribution in [3.8, 4) is 22.9 Å². The molecule has 0 unspecified atom stereocenters. The Labute approximate surface area is 212 Å². The van der Waals surface area contributed by atoms with Crippen LogP contribution in [0.2, 0.25) is 0 Å². The summed E-state index contributed by atoms with van der Waals surface area (Å²) < 4.78 is 23.7. The van der Waals surface area contributed by atoms with Crippen LogP contribution in [0.3, 0.4) is 0 Å². The zero-order valence-corrected chi connectivity index (χ0v) is 20.5. The first-order valence-electron chi connectivity index (χ1n) is 12.7. The molecular weight excluding hydrogens is 478 g/mol. The van der Waals surface area contributed by atoms with Crippen LogP contribution < -0.4 is 15.0 Å². The smallest absolute Gasteiger partial charge is 0.343 e. The molecule has 0 spiro atoms. The van der Waals surface area contributed by atoms with Crippen LogP contribution in [-0.2, 0) is 39.4 Å². The van der Waals surface area contributed by atoms with Gasteiger partial charge in [-0.3, -0.25) is 9.69 Å². The second kappa shape index (κ2) is 8.27. The van der Waals surface area contributed by atoms with Crippen molar-refractivity contribution in [2.24, 2.45) is 0 Å². The number of carbonyl (C=O) groups is 1. The summed E-state index contributed by atoms with van der Waals surface area (Å²) in [5, 5.41) is 12.2. The molecule has 10 nitrogen and oxygen atoms in total. The maximum Gasteiger partial charge on any atom is 0.343 e. The minimum Gasteiger partial charge on any atom is -0.458 e. The van der Waals surface area contributed by atoms with E-state index in [1.54, 1.807) is 17.6 Å². The van der Waals surface area contributed by atoms with E-state index in [0.717, 1.165) is 61.3 Å². The number of aromatic nitrogens is 2. The molecule has 0 radical (unpaired) electrons. The topological polar surface area (TPSA) is 112 Å². The van der Waals surface area contributed by atoms with Gasteiger partial charge in [0.2, 0.25) is 6.79 Å². The predicted octanol–water partition coefficient (Wildman–Crippen LogP) is 1.68. The van der Waals surface area contributed by atoms with Crippen LogP contribution in [0, 0.1) is 0 Å². The highest BCUT2D eigenvalue weighted by molar-refractivity contribution is 5.91. The summed E-state index contributed by atoms with van der Waals surface area (Å²) in [5.74, 6) is 0.604. The monoisotopic (exact) mass is 505 g/mol. The molecule has 7 rings (SSSR count). The largest absolute Gasteiger partial charge is 0.458 e. The van der Waals surface area contributed by atoms with Gasteiger partial charge in [-0.15, -0.1) is 0 Å². The Balaban J connectivity index is 1.41. The van der Waals surface area contributed by atoms with Crippen molar-refractivity contribution in [1.82, 2.24) is 14.5 Å². The van der Waals surface area contributed by atoms with Gasteiger partial charge in [-0.25, -0.2) is 9.78 Å². The Hall–Kier alpha value is -3.47. The quantitative estimate of drug-likeness (QED) is 0.414. The van der Waals surface area contributed by atoms with Crippen molar-refractivity contribution in [1.29, 1.82) is 0 Å². The number of hydrogen-bond donors (Lipinski definition) is 1. The number of aliphatic hydroxyl groups is 1. The maximum atomic E-state index is 13.6. The maximum absolute atomic E-state index is 13.6. The third kappa shape index (κ3) is 3.32. The number of morpholine rings is 1. The third-order valence-electron chi connectivity index (χ3n) is 8.08. The van der Waals surface area contributed by atoms with Gasteiger partial charge in [-0.1, -0.05) is 6.92 Å². The van der Waals surface area contributed by atoms with Gasteiger partial charge in [0, 0.05) is 42.2 Å². The average Bonchev–Trinajstić information content (AvgIpc) is 3.53. The Morgan fingerprint density at radius 3 is 2.62 bits per heavy atom. The van der Waals surface area contributed by atoms with E-state index < -0.39 is 11.6 Å². The number of carbonyl (C=O) groups excluding carboxylic acids is 1. The summed E-state index contributed by atoms with van der Waals surface area (Å²) in [7, 11) is 0. The summed E-state index contributed by atoms with van der Waals surface area (Å²) in [6, 6.07) is 5.62. The lowest BCUT2D eigenvalue weighted by Crippen LogP contribution is -2.44. The first kappa shape index (κ1) is 22.7. The molecule has 192 valence electrons. The average molecular weight is 506 g/mol. The summed E-state index contributed by atoms with van der Waals surface area (Å²) >= 11 is 0. The molecule has 1 saturated heterocycles. The summed E-state index contributed by atoms with van der Waals surface area (Å²) in [4.78, 5) is 33.5. The van der Waals surface area contributed by atoms with Gasteiger partial charge in [0.05, 0.1) is 42.2 Å². The van der Waals surface area contributed by atoms with Gasteiger partial charge in [0.1, 0.15) is 6.61 Å². The summed E-state index contributed by atoms with van der Waals surface area (Å²) in [6.07, 6.45) is 0.873. The Bertz CT molecular complexity index is 1530. The second-order valence-corrected chi connectivity index (χ2v) is 9.95. The lowest BCUT2D eigenvalue weighted by molar-refractivity contribution is -0.172. The van der Waals surface area contributed by atoms with Crippen molar-refractivity contribution < 1.29 is 28.8 Å². The number of nitrogens with zero attached hydrogens (tertiary/aromatic N) is 3. The first-order valence-corrected chi connectivity index (χ1v) is 12.7. The summed E-state index contributed by atoms with van der Waals surface area (Å²) in [5.41, 5.74) is 2.67. The van der Waals surface area contributed by atoms with Gasteiger partial charge in [-0.05, 0) is 30.5 Å². The Morgan fingerprint density at radius 1 is 1.05 bits per heavy atom. The normalized spacial score (nSPS) is 22.1. The Kier molecular flexibility index (Phi) is 5.08. The fourth-order valence-electron chi connectivity index (χ4n) is 5.93. The molecule has 6 heterocycles. The highest BCUT2D eigenvalue weighted by atomic mass is 16.7. The van der Waals surface area contributed by atoms with Gasteiger partial charge < -0.3 is 28.6 Å². The summed E-state index contributed by atoms with van der Waals surface area (Å²) in [6.45, 7) is 6.16. The number of pyridine rings is 2. The molecule has 0 aliphatic carbocycles. The van der Waals surface area contributed by atoms with Crippen LogP contribution in [0.15, 0.2) is 23.0 Å². The van der Waals surface area contributed by atoms with Crippen molar-refractivity contribution in [3.63, 3.8) is 0 Å². The molecular formula is C27H27N3O7. The highest BCUT2D eigenvalue weighted by Crippen LogP contribution is 2.43. The van der Waals surface area contributed by atoms with E-state index in [1.807, 2.05) is 12.1 Å². The van der Waals surface area contributed by atoms with E-state index in [9.17, 15) is 14.7 Å². The molecule has 0 bridgehead atoms. The minimum absolute atomic E-state index is 0.105. The van der Waals surface area contributed by atoms with Gasteiger partial charge in [0.15, 0.2) is 17.1 Å². The highest BCUT2D eigenvalue weighted by Gasteiger charge is 2.45. The zero-order valence-electron chi connectivity index (χ0n) is 20.5. The number of benzene rings is 1. The van der Waals surface area contributed by atoms with E-state index in [1.165, 1.54) is 0 Å². The van der Waals surface area contributed by atoms with Crippen LogP contribution in [0.1, 0.15) is 35.6 Å². The van der Waals surface area contributed by atoms with Crippen LogP contribution in [0.4, 0.5) is 0 Å². The van der Waals surface area contributed by atoms with Crippen LogP contribution >= 0.6 is 0 Å². The molecule has 1 aromatic carbocycles. The number of hydrogen-bond acceptors (Lipinski definition) is 9. The molecule has 37 heavy (non-hydrogen) atoms. The fraction of sp³-hybridized carbons (Fsp3) is 0.444. The van der Waals surface area contributed by atoms with Crippen LogP contribution in [0.25, 0.3) is 22.3 Å². The van der Waals surface area contributed by atoms with Crippen molar-refractivity contribution >= 4 is 16.9 Å². The van der Waals surface area contributed by atoms with Crippen molar-refractivity contribution in [2.45, 2.75) is 38.5 Å². The van der Waals surface area contributed by atoms with E-state index in [-0.39, 0.29) is 25.4 Å². The number of ether oxygens (including phenoxy) is 4. The fourth-order valence-corrected chi connectivity index (χ4v) is 5.93. The SMILES string of the molecule is CC[C@@]1(O)C(=O)OCc2c1cc1n(c2=O)Cc2c-1nc1cc3c(cc1c2CCN1CCOCC1)OCO3. The Morgan fingerprint density at radius 2 is 1.84 bits per heavy atom. The molecule has 1 atom stereocenters. The molecule has 4 aliphatic heterocycles. The van der Waals surface area contributed by atoms with Crippen LogP contribution in [-0.4, -0.2) is 65.2 Å². The van der Waals surface area contributed by atoms with E-state index in [2.05, 4.69) is 4.90 Å². The molecule has 0 amide bonds. The molecule has 1 fully saturated rings. The number of cyclic esters (lactones) is 1. The number of esters is 1. The van der Waals surface area contributed by atoms with Gasteiger partial charge >= 0.3 is 5.97 Å².